The highest BCUT2D eigenvalue weighted by atomic mass is 16.5. The van der Waals surface area contributed by atoms with E-state index < -0.39 is 0 Å². The molecular formula is C18H27N3O3. The lowest BCUT2D eigenvalue weighted by atomic mass is 10.1. The molecule has 0 aromatic heterocycles. The summed E-state index contributed by atoms with van der Waals surface area (Å²) in [6, 6.07) is 7.97. The molecule has 2 heterocycles. The van der Waals surface area contributed by atoms with Gasteiger partial charge in [-0.25, -0.2) is 0 Å². The van der Waals surface area contributed by atoms with Crippen LogP contribution in [0.25, 0.3) is 0 Å². The third-order valence-corrected chi connectivity index (χ3v) is 4.78. The van der Waals surface area contributed by atoms with Crippen molar-refractivity contribution in [2.75, 3.05) is 59.6 Å². The molecule has 24 heavy (non-hydrogen) atoms. The lowest BCUT2D eigenvalue weighted by Gasteiger charge is -2.32. The van der Waals surface area contributed by atoms with Crippen molar-refractivity contribution < 1.29 is 14.3 Å². The van der Waals surface area contributed by atoms with Crippen molar-refractivity contribution in [3.63, 3.8) is 0 Å². The van der Waals surface area contributed by atoms with Crippen LogP contribution < -0.4 is 10.1 Å². The van der Waals surface area contributed by atoms with E-state index in [1.165, 1.54) is 0 Å². The van der Waals surface area contributed by atoms with Crippen molar-refractivity contribution in [3.05, 3.63) is 29.8 Å². The Kier molecular flexibility index (Phi) is 6.07. The molecular weight excluding hydrogens is 306 g/mol. The van der Waals surface area contributed by atoms with Gasteiger partial charge in [-0.15, -0.1) is 0 Å². The molecule has 1 atom stereocenters. The van der Waals surface area contributed by atoms with Crippen molar-refractivity contribution in [2.45, 2.75) is 12.5 Å². The van der Waals surface area contributed by atoms with Gasteiger partial charge in [-0.2, -0.15) is 0 Å². The lowest BCUT2D eigenvalue weighted by Crippen LogP contribution is -2.49. The van der Waals surface area contributed by atoms with E-state index in [1.54, 1.807) is 7.11 Å². The van der Waals surface area contributed by atoms with Gasteiger partial charge in [0.05, 0.1) is 12.2 Å². The average molecular weight is 333 g/mol. The minimum atomic E-state index is 0.0700. The molecule has 6 nitrogen and oxygen atoms in total. The fraction of sp³-hybridized carbons (Fsp3) is 0.611. The number of amides is 1. The van der Waals surface area contributed by atoms with Gasteiger partial charge in [0.25, 0.3) is 5.91 Å². The Hall–Kier alpha value is -1.63. The molecule has 0 spiro atoms. The first kappa shape index (κ1) is 17.2. The summed E-state index contributed by atoms with van der Waals surface area (Å²) in [5, 5.41) is 3.38. The maximum absolute atomic E-state index is 12.9. The summed E-state index contributed by atoms with van der Waals surface area (Å²) in [5.41, 5.74) is 0.648. The third kappa shape index (κ3) is 4.06. The van der Waals surface area contributed by atoms with E-state index in [4.69, 9.17) is 9.47 Å². The number of hydrogen-bond acceptors (Lipinski definition) is 5. The van der Waals surface area contributed by atoms with Gasteiger partial charge in [0.2, 0.25) is 0 Å². The number of hydrogen-bond donors (Lipinski definition) is 1. The smallest absolute Gasteiger partial charge is 0.257 e. The number of likely N-dealkylation sites (tertiary alicyclic amines) is 1. The molecule has 0 saturated carbocycles. The molecule has 2 fully saturated rings. The second-order valence-electron chi connectivity index (χ2n) is 6.32. The van der Waals surface area contributed by atoms with Crippen molar-refractivity contribution in [1.29, 1.82) is 0 Å². The van der Waals surface area contributed by atoms with Crippen LogP contribution in [0.1, 0.15) is 16.8 Å². The quantitative estimate of drug-likeness (QED) is 0.782. The van der Waals surface area contributed by atoms with Crippen LogP contribution in [0.5, 0.6) is 5.75 Å². The predicted octanol–water partition coefficient (Wildman–Crippen LogP) is 0.832. The van der Waals surface area contributed by atoms with Crippen molar-refractivity contribution in [2.24, 2.45) is 0 Å². The predicted molar refractivity (Wildman–Crippen MR) is 92.6 cm³/mol. The summed E-state index contributed by atoms with van der Waals surface area (Å²) >= 11 is 0. The summed E-state index contributed by atoms with van der Waals surface area (Å²) < 4.78 is 10.7. The van der Waals surface area contributed by atoms with E-state index in [2.05, 4.69) is 10.2 Å². The summed E-state index contributed by atoms with van der Waals surface area (Å²) in [5.74, 6) is 0.714. The highest BCUT2D eigenvalue weighted by Crippen LogP contribution is 2.24. The van der Waals surface area contributed by atoms with Crippen molar-refractivity contribution >= 4 is 5.91 Å². The number of carbonyl (C=O) groups is 1. The van der Waals surface area contributed by atoms with Crippen molar-refractivity contribution in [3.8, 4) is 5.75 Å². The normalized spacial score (nSPS) is 21.9. The topological polar surface area (TPSA) is 54.0 Å². The first-order chi connectivity index (χ1) is 11.8. The van der Waals surface area contributed by atoms with Gasteiger partial charge >= 0.3 is 0 Å². The Morgan fingerprint density at radius 3 is 2.79 bits per heavy atom. The molecule has 2 saturated heterocycles. The molecule has 1 amide bonds. The molecule has 0 aliphatic carbocycles. The Balaban J connectivity index is 1.62. The average Bonchev–Trinajstić information content (AvgIpc) is 3.13. The van der Waals surface area contributed by atoms with E-state index >= 15 is 0 Å². The molecule has 1 unspecified atom stereocenters. The van der Waals surface area contributed by atoms with Crippen LogP contribution in [0.2, 0.25) is 0 Å². The molecule has 2 aliphatic heterocycles. The van der Waals surface area contributed by atoms with Crippen LogP contribution in [0.4, 0.5) is 0 Å². The van der Waals surface area contributed by atoms with E-state index in [0.717, 1.165) is 45.7 Å². The number of carbonyl (C=O) groups excluding carboxylic acids is 1. The largest absolute Gasteiger partial charge is 0.490 e. The monoisotopic (exact) mass is 333 g/mol. The van der Waals surface area contributed by atoms with E-state index in [1.807, 2.05) is 29.2 Å². The second kappa shape index (κ2) is 8.46. The summed E-state index contributed by atoms with van der Waals surface area (Å²) in [6.45, 7) is 6.82. The zero-order chi connectivity index (χ0) is 16.8. The number of methoxy groups -OCH3 is 1. The van der Waals surface area contributed by atoms with E-state index in [-0.39, 0.29) is 5.91 Å². The summed E-state index contributed by atoms with van der Waals surface area (Å²) in [6.07, 6.45) is 1.05. The SMILES string of the molecule is COCCOc1ccccc1C(=O)N1CCC(N2CCNCC2)C1. The molecule has 1 N–H and O–H groups in total. The van der Waals surface area contributed by atoms with Gasteiger partial charge in [0, 0.05) is 52.4 Å². The molecule has 0 bridgehead atoms. The molecule has 2 aliphatic rings. The van der Waals surface area contributed by atoms with E-state index in [0.29, 0.717) is 30.6 Å². The van der Waals surface area contributed by atoms with Crippen LogP contribution in [0.3, 0.4) is 0 Å². The first-order valence-electron chi connectivity index (χ1n) is 8.74. The Morgan fingerprint density at radius 1 is 1.21 bits per heavy atom. The van der Waals surface area contributed by atoms with Gasteiger partial charge in [0.15, 0.2) is 0 Å². The van der Waals surface area contributed by atoms with Crippen LogP contribution in [-0.2, 0) is 4.74 Å². The third-order valence-electron chi connectivity index (χ3n) is 4.78. The second-order valence-corrected chi connectivity index (χ2v) is 6.32. The molecule has 132 valence electrons. The van der Waals surface area contributed by atoms with Gasteiger partial charge in [-0.1, -0.05) is 12.1 Å². The first-order valence-corrected chi connectivity index (χ1v) is 8.74. The van der Waals surface area contributed by atoms with Crippen LogP contribution in [-0.4, -0.2) is 81.3 Å². The zero-order valence-corrected chi connectivity index (χ0v) is 14.4. The maximum Gasteiger partial charge on any atom is 0.257 e. The van der Waals surface area contributed by atoms with Gasteiger partial charge in [-0.3, -0.25) is 9.69 Å². The summed E-state index contributed by atoms with van der Waals surface area (Å²) in [4.78, 5) is 17.4. The van der Waals surface area contributed by atoms with Crippen LogP contribution >= 0.6 is 0 Å². The number of nitrogens with zero attached hydrogens (tertiary/aromatic N) is 2. The lowest BCUT2D eigenvalue weighted by molar-refractivity contribution is 0.0766. The standard InChI is InChI=1S/C18H27N3O3/c1-23-12-13-24-17-5-3-2-4-16(17)18(22)21-9-6-15(14-21)20-10-7-19-8-11-20/h2-5,15,19H,6-14H2,1H3. The number of nitrogens with one attached hydrogen (secondary N) is 1. The minimum Gasteiger partial charge on any atom is -0.490 e. The fourth-order valence-corrected chi connectivity index (χ4v) is 3.45. The molecule has 6 heteroatoms. The molecule has 1 aromatic rings. The maximum atomic E-state index is 12.9. The van der Waals surface area contributed by atoms with E-state index in [9.17, 15) is 4.79 Å². The number of rotatable bonds is 6. The fourth-order valence-electron chi connectivity index (χ4n) is 3.45. The molecule has 3 rings (SSSR count). The minimum absolute atomic E-state index is 0.0700. The Labute approximate surface area is 143 Å². The van der Waals surface area contributed by atoms with Gasteiger partial charge in [0.1, 0.15) is 12.4 Å². The number of benzene rings is 1. The van der Waals surface area contributed by atoms with Crippen LogP contribution in [0, 0.1) is 0 Å². The molecule has 0 radical (unpaired) electrons. The van der Waals surface area contributed by atoms with Gasteiger partial charge < -0.3 is 19.7 Å². The molecule has 1 aromatic carbocycles. The highest BCUT2D eigenvalue weighted by Gasteiger charge is 2.32. The summed E-state index contributed by atoms with van der Waals surface area (Å²) in [7, 11) is 1.64. The Morgan fingerprint density at radius 2 is 2.00 bits per heavy atom. The number of ether oxygens (including phenoxy) is 2. The van der Waals surface area contributed by atoms with Gasteiger partial charge in [-0.05, 0) is 18.6 Å². The number of piperazine rings is 1. The zero-order valence-electron chi connectivity index (χ0n) is 14.4. The highest BCUT2D eigenvalue weighted by molar-refractivity contribution is 5.97. The van der Waals surface area contributed by atoms with Crippen molar-refractivity contribution in [1.82, 2.24) is 15.1 Å². The van der Waals surface area contributed by atoms with Crippen LogP contribution in [0.15, 0.2) is 24.3 Å². The number of para-hydroxylation sites is 1. The Bertz CT molecular complexity index is 546.